The molecule has 0 aliphatic heterocycles. The molecule has 0 fully saturated rings. The molecule has 1 rings (SSSR count). The number of hydrogen-bond donors (Lipinski definition) is 0. The van der Waals surface area contributed by atoms with Gasteiger partial charge < -0.3 is 9.16 Å². The van der Waals surface area contributed by atoms with E-state index in [1.165, 1.54) is 0 Å². The van der Waals surface area contributed by atoms with Gasteiger partial charge in [-0.15, -0.1) is 0 Å². The fraction of sp³-hybridized carbons (Fsp3) is 0.385. The molecule has 0 aliphatic carbocycles. The van der Waals surface area contributed by atoms with Gasteiger partial charge in [-0.05, 0) is 23.7 Å². The summed E-state index contributed by atoms with van der Waals surface area (Å²) in [5.41, 5.74) is 1.09. The fourth-order valence-corrected chi connectivity index (χ4v) is 3.11. The Bertz CT molecular complexity index is 319. The zero-order valence-electron chi connectivity index (χ0n) is 10.0. The van der Waals surface area contributed by atoms with Gasteiger partial charge in [0.2, 0.25) is 0 Å². The number of rotatable bonds is 7. The smallest absolute Gasteiger partial charge is 0.307 e. The molecule has 2 nitrogen and oxygen atoms in total. The van der Waals surface area contributed by atoms with Crippen molar-refractivity contribution in [2.45, 2.75) is 19.4 Å². The molecule has 0 saturated carbocycles. The molecule has 0 spiro atoms. The quantitative estimate of drug-likeness (QED) is 0.675. The standard InChI is InChI=1S/C13H19O2Si/c1-4-9-16(11-14-3)15-13-8-6-7-12(5-2)10-13/h5-8,10H,2,4,9,11H2,1,3H3. The molecule has 0 saturated heterocycles. The van der Waals surface area contributed by atoms with Gasteiger partial charge >= 0.3 is 9.04 Å². The van der Waals surface area contributed by atoms with Gasteiger partial charge in [0.1, 0.15) is 5.75 Å². The van der Waals surface area contributed by atoms with Gasteiger partial charge in [0.05, 0.1) is 6.23 Å². The van der Waals surface area contributed by atoms with Crippen molar-refractivity contribution in [3.05, 3.63) is 36.4 Å². The lowest BCUT2D eigenvalue weighted by atomic mass is 10.2. The van der Waals surface area contributed by atoms with E-state index >= 15 is 0 Å². The zero-order valence-corrected chi connectivity index (χ0v) is 11.0. The van der Waals surface area contributed by atoms with Gasteiger partial charge in [0.25, 0.3) is 0 Å². The van der Waals surface area contributed by atoms with Crippen LogP contribution in [-0.4, -0.2) is 22.4 Å². The van der Waals surface area contributed by atoms with Crippen LogP contribution in [0.2, 0.25) is 6.04 Å². The lowest BCUT2D eigenvalue weighted by Gasteiger charge is -2.15. The molecule has 1 aromatic carbocycles. The summed E-state index contributed by atoms with van der Waals surface area (Å²) in [5.74, 6) is 0.928. The van der Waals surface area contributed by atoms with Gasteiger partial charge in [-0.3, -0.25) is 0 Å². The minimum absolute atomic E-state index is 0.733. The average Bonchev–Trinajstić information content (AvgIpc) is 2.30. The van der Waals surface area contributed by atoms with Crippen molar-refractivity contribution < 1.29 is 9.16 Å². The minimum Gasteiger partial charge on any atom is -0.540 e. The first-order valence-electron chi connectivity index (χ1n) is 5.54. The lowest BCUT2D eigenvalue weighted by Crippen LogP contribution is -2.27. The number of benzene rings is 1. The summed E-state index contributed by atoms with van der Waals surface area (Å²) in [4.78, 5) is 0. The van der Waals surface area contributed by atoms with Crippen LogP contribution in [0.3, 0.4) is 0 Å². The maximum absolute atomic E-state index is 5.97. The van der Waals surface area contributed by atoms with E-state index in [0.717, 1.165) is 30.0 Å². The third-order valence-corrected chi connectivity index (χ3v) is 4.38. The molecule has 0 atom stereocenters. The molecule has 1 aromatic rings. The fourth-order valence-electron chi connectivity index (χ4n) is 1.46. The number of methoxy groups -OCH3 is 1. The van der Waals surface area contributed by atoms with E-state index in [4.69, 9.17) is 9.16 Å². The molecule has 87 valence electrons. The monoisotopic (exact) mass is 235 g/mol. The molecule has 0 N–H and O–H groups in total. The summed E-state index contributed by atoms with van der Waals surface area (Å²) in [5, 5.41) is 0. The van der Waals surface area contributed by atoms with Gasteiger partial charge in [-0.25, -0.2) is 0 Å². The molecular weight excluding hydrogens is 216 g/mol. The van der Waals surface area contributed by atoms with Crippen LogP contribution in [0.15, 0.2) is 30.8 Å². The van der Waals surface area contributed by atoms with E-state index < -0.39 is 9.04 Å². The van der Waals surface area contributed by atoms with Crippen LogP contribution in [0.4, 0.5) is 0 Å². The third-order valence-electron chi connectivity index (χ3n) is 2.19. The average molecular weight is 235 g/mol. The molecule has 0 bridgehead atoms. The van der Waals surface area contributed by atoms with Crippen molar-refractivity contribution in [1.29, 1.82) is 0 Å². The summed E-state index contributed by atoms with van der Waals surface area (Å²) >= 11 is 0. The number of ether oxygens (including phenoxy) is 1. The molecule has 0 heterocycles. The van der Waals surface area contributed by atoms with E-state index in [9.17, 15) is 0 Å². The number of hydrogen-bond acceptors (Lipinski definition) is 2. The Labute approximate surface area is 99.6 Å². The van der Waals surface area contributed by atoms with E-state index in [-0.39, 0.29) is 0 Å². The molecular formula is C13H19O2Si. The highest BCUT2D eigenvalue weighted by Crippen LogP contribution is 2.16. The maximum Gasteiger partial charge on any atom is 0.307 e. The Morgan fingerprint density at radius 1 is 1.44 bits per heavy atom. The normalized spacial score (nSPS) is 10.4. The minimum atomic E-state index is -0.880. The van der Waals surface area contributed by atoms with Crippen LogP contribution in [0, 0.1) is 0 Å². The van der Waals surface area contributed by atoms with Crippen molar-refractivity contribution in [1.82, 2.24) is 0 Å². The van der Waals surface area contributed by atoms with E-state index in [2.05, 4.69) is 13.5 Å². The summed E-state index contributed by atoms with van der Waals surface area (Å²) in [6.45, 7) is 5.92. The highest BCUT2D eigenvalue weighted by atomic mass is 28.3. The Balaban J connectivity index is 2.64. The van der Waals surface area contributed by atoms with Gasteiger partial charge in [-0.1, -0.05) is 38.1 Å². The first-order chi connectivity index (χ1) is 7.80. The molecule has 16 heavy (non-hydrogen) atoms. The molecule has 0 unspecified atom stereocenters. The Kier molecular flexibility index (Phi) is 5.89. The molecule has 0 aromatic heterocycles. The van der Waals surface area contributed by atoms with Crippen molar-refractivity contribution in [3.63, 3.8) is 0 Å². The lowest BCUT2D eigenvalue weighted by molar-refractivity contribution is 0.238. The summed E-state index contributed by atoms with van der Waals surface area (Å²) < 4.78 is 11.2. The van der Waals surface area contributed by atoms with Crippen molar-refractivity contribution in [2.24, 2.45) is 0 Å². The van der Waals surface area contributed by atoms with Crippen molar-refractivity contribution in [2.75, 3.05) is 13.3 Å². The van der Waals surface area contributed by atoms with Crippen LogP contribution in [-0.2, 0) is 4.74 Å². The van der Waals surface area contributed by atoms with Crippen LogP contribution < -0.4 is 4.43 Å². The summed E-state index contributed by atoms with van der Waals surface area (Å²) in [7, 11) is 0.846. The van der Waals surface area contributed by atoms with Crippen molar-refractivity contribution in [3.8, 4) is 5.75 Å². The van der Waals surface area contributed by atoms with Gasteiger partial charge in [0, 0.05) is 7.11 Å². The van der Waals surface area contributed by atoms with Crippen LogP contribution >= 0.6 is 0 Å². The molecule has 0 amide bonds. The van der Waals surface area contributed by atoms with E-state index in [1.54, 1.807) is 7.11 Å². The SMILES string of the molecule is C=Cc1cccc(O[Si](CCC)COC)c1. The Morgan fingerprint density at radius 2 is 2.25 bits per heavy atom. The summed E-state index contributed by atoms with van der Waals surface area (Å²) in [6.07, 6.45) is 3.70. The predicted octanol–water partition coefficient (Wildman–Crippen LogP) is 3.30. The maximum atomic E-state index is 5.97. The first-order valence-corrected chi connectivity index (χ1v) is 7.36. The largest absolute Gasteiger partial charge is 0.540 e. The topological polar surface area (TPSA) is 18.5 Å². The second-order valence-electron chi connectivity index (χ2n) is 3.60. The third kappa shape index (κ3) is 4.21. The second kappa shape index (κ2) is 7.25. The zero-order chi connectivity index (χ0) is 11.8. The van der Waals surface area contributed by atoms with Crippen LogP contribution in [0.5, 0.6) is 5.75 Å². The second-order valence-corrected chi connectivity index (χ2v) is 5.67. The Hall–Kier alpha value is -1.06. The van der Waals surface area contributed by atoms with Crippen LogP contribution in [0.1, 0.15) is 18.9 Å². The predicted molar refractivity (Wildman–Crippen MR) is 69.9 cm³/mol. The van der Waals surface area contributed by atoms with Gasteiger partial charge in [-0.2, -0.15) is 0 Å². The molecule has 3 heteroatoms. The Morgan fingerprint density at radius 3 is 2.88 bits per heavy atom. The summed E-state index contributed by atoms with van der Waals surface area (Å²) in [6, 6.07) is 9.12. The highest BCUT2D eigenvalue weighted by Gasteiger charge is 2.14. The van der Waals surface area contributed by atoms with Gasteiger partial charge in [0.15, 0.2) is 0 Å². The highest BCUT2D eigenvalue weighted by molar-refractivity contribution is 6.52. The molecule has 0 aliphatic rings. The first kappa shape index (κ1) is 13.0. The van der Waals surface area contributed by atoms with Crippen molar-refractivity contribution >= 4 is 15.1 Å². The van der Waals surface area contributed by atoms with E-state index in [1.807, 2.05) is 30.3 Å². The van der Waals surface area contributed by atoms with Crippen LogP contribution in [0.25, 0.3) is 6.08 Å². The molecule has 1 radical (unpaired) electrons. The van der Waals surface area contributed by atoms with E-state index in [0.29, 0.717) is 0 Å².